The van der Waals surface area contributed by atoms with E-state index in [0.717, 1.165) is 0 Å². The number of halogens is 2. The summed E-state index contributed by atoms with van der Waals surface area (Å²) in [6.07, 6.45) is 0. The average molecular weight is 374 g/mol. The van der Waals surface area contributed by atoms with Gasteiger partial charge in [-0.3, -0.25) is 0 Å². The van der Waals surface area contributed by atoms with E-state index in [4.69, 9.17) is 18.8 Å². The van der Waals surface area contributed by atoms with Gasteiger partial charge in [-0.25, -0.2) is 0 Å². The van der Waals surface area contributed by atoms with E-state index >= 15 is 0 Å². The van der Waals surface area contributed by atoms with E-state index in [9.17, 15) is 0 Å². The Morgan fingerprint density at radius 2 is 1.22 bits per heavy atom. The van der Waals surface area contributed by atoms with Gasteiger partial charge in [0.15, 0.2) is 5.11 Å². The zero-order valence-electron chi connectivity index (χ0n) is 4.29. The van der Waals surface area contributed by atoms with Gasteiger partial charge in [-0.05, 0) is 12.2 Å². The van der Waals surface area contributed by atoms with Crippen molar-refractivity contribution in [3.8, 4) is 0 Å². The second kappa shape index (κ2) is 23.2. The van der Waals surface area contributed by atoms with Crippen LogP contribution in [0, 0.1) is 0 Å². The molecule has 0 aromatic carbocycles. The third-order valence-corrected chi connectivity index (χ3v) is 0. The fraction of sp³-hybridized carbons (Fsp3) is 0. The zero-order valence-corrected chi connectivity index (χ0v) is 8.89. The summed E-state index contributed by atoms with van der Waals surface area (Å²) in [5.74, 6) is 0. The summed E-state index contributed by atoms with van der Waals surface area (Å²) in [6.45, 7) is 0. The Hall–Kier alpha value is 0.878. The van der Waals surface area contributed by atoms with Crippen molar-refractivity contribution >= 4 is 36.2 Å². The van der Waals surface area contributed by atoms with Crippen LogP contribution in [0.4, 0.5) is 0 Å². The Kier molecular flexibility index (Phi) is 58.0. The number of rotatable bonds is 0. The Labute approximate surface area is 76.2 Å². The van der Waals surface area contributed by atoms with Crippen LogP contribution in [-0.2, 0) is 16.5 Å². The van der Waals surface area contributed by atoms with E-state index < -0.39 is 16.5 Å². The minimum atomic E-state index is -0.472. The summed E-state index contributed by atoms with van der Waals surface area (Å²) in [6, 6.07) is 0. The largest absolute Gasteiger partial charge is 0.693 e. The van der Waals surface area contributed by atoms with Crippen LogP contribution in [0.25, 0.3) is 12.3 Å². The quantitative estimate of drug-likeness (QED) is 0.631. The molecule has 0 aliphatic carbocycles. The summed E-state index contributed by atoms with van der Waals surface area (Å²) in [7, 11) is 9.75. The summed E-state index contributed by atoms with van der Waals surface area (Å²) < 4.78 is 0. The first-order valence-electron chi connectivity index (χ1n) is 1.02. The molecular weight excluding hydrogens is 366 g/mol. The molecule has 9 heavy (non-hydrogen) atoms. The van der Waals surface area contributed by atoms with Crippen molar-refractivity contribution in [1.29, 1.82) is 0 Å². The molecule has 0 unspecified atom stereocenters. The Balaban J connectivity index is -0.0000000233. The molecule has 0 aromatic rings. The number of hydrogen-bond donors (Lipinski definition) is 2. The molecule has 0 aliphatic heterocycles. The van der Waals surface area contributed by atoms with Crippen LogP contribution in [0.3, 0.4) is 0 Å². The first kappa shape index (κ1) is 22.5. The van der Waals surface area contributed by atoms with Crippen LogP contribution >= 0.6 is 31.1 Å². The van der Waals surface area contributed by atoms with Gasteiger partial charge in [-0.2, -0.15) is 0 Å². The molecule has 0 heterocycles. The maximum atomic E-state index is 4.88. The van der Waals surface area contributed by atoms with E-state index in [-0.39, 0.29) is 17.4 Å². The van der Waals surface area contributed by atoms with Gasteiger partial charge in [0.2, 0.25) is 0 Å². The predicted octanol–water partition coefficient (Wildman–Crippen LogP) is 2.00. The van der Waals surface area contributed by atoms with Gasteiger partial charge in [0.05, 0.1) is 0 Å². The zero-order chi connectivity index (χ0) is 6.28. The molecule has 0 rings (SSSR count). The first-order valence-corrected chi connectivity index (χ1v) is 7.06. The molecule has 0 aromatic heterocycles. The second-order valence-corrected chi connectivity index (χ2v) is 4.20. The Morgan fingerprint density at radius 3 is 1.22 bits per heavy atom. The van der Waals surface area contributed by atoms with Crippen LogP contribution in [0.2, 0.25) is 0 Å². The number of hydrogen-bond acceptors (Lipinski definition) is 1. The van der Waals surface area contributed by atoms with Gasteiger partial charge in [0.1, 0.15) is 0 Å². The van der Waals surface area contributed by atoms with Crippen molar-refractivity contribution in [3.63, 3.8) is 0 Å². The molecule has 8 heteroatoms. The van der Waals surface area contributed by atoms with Crippen molar-refractivity contribution in [2.45, 2.75) is 0 Å². The fourth-order valence-corrected chi connectivity index (χ4v) is 0. The molecule has 0 amide bonds. The summed E-state index contributed by atoms with van der Waals surface area (Å²) in [4.78, 5) is 0. The maximum Gasteiger partial charge on any atom is -0.693 e. The summed E-state index contributed by atoms with van der Waals surface area (Å²) in [5.41, 5.74) is 9.24. The standard InChI is InChI=1S/CH4N2S.2ClH.2H2N.Pt/c2-1(3)4;;;;;/h(H4,2,3,4);2*1H;2*1H2;/q;;;2*-1;+4/p-2. The molecule has 62 valence electrons. The van der Waals surface area contributed by atoms with Crippen LogP contribution in [0.15, 0.2) is 0 Å². The molecule has 0 aliphatic rings. The van der Waals surface area contributed by atoms with E-state index in [1.54, 1.807) is 0 Å². The van der Waals surface area contributed by atoms with Crippen LogP contribution < -0.4 is 11.5 Å². The van der Waals surface area contributed by atoms with E-state index in [1.807, 2.05) is 0 Å². The van der Waals surface area contributed by atoms with E-state index in [2.05, 4.69) is 23.7 Å². The Morgan fingerprint density at radius 1 is 1.22 bits per heavy atom. The molecular formula is CH8Cl2N4PtS. The minimum absolute atomic E-state index is 0. The molecule has 8 N–H and O–H groups in total. The topological polar surface area (TPSA) is 119 Å². The van der Waals surface area contributed by atoms with Crippen LogP contribution in [0.1, 0.15) is 0 Å². The third kappa shape index (κ3) is 544. The molecule has 0 saturated carbocycles. The molecule has 0 bridgehead atoms. The summed E-state index contributed by atoms with van der Waals surface area (Å²) in [5, 5.41) is 0.000000000000000222. The van der Waals surface area contributed by atoms with E-state index in [1.165, 1.54) is 0 Å². The van der Waals surface area contributed by atoms with Crippen LogP contribution in [0.5, 0.6) is 0 Å². The van der Waals surface area contributed by atoms with Crippen molar-refractivity contribution in [2.24, 2.45) is 11.5 Å². The smallest absolute Gasteiger partial charge is 0.693 e. The van der Waals surface area contributed by atoms with Crippen molar-refractivity contribution < 1.29 is 16.5 Å². The minimum Gasteiger partial charge on any atom is -0.693 e. The molecule has 0 saturated heterocycles. The molecule has 4 nitrogen and oxygen atoms in total. The van der Waals surface area contributed by atoms with Gasteiger partial charge in [-0.1, -0.05) is 0 Å². The maximum absolute atomic E-state index is 4.88. The van der Waals surface area contributed by atoms with Crippen molar-refractivity contribution in [3.05, 3.63) is 12.3 Å². The van der Waals surface area contributed by atoms with Gasteiger partial charge in [-0.15, -0.1) is 0 Å². The predicted molar refractivity (Wildman–Crippen MR) is 43.2 cm³/mol. The normalized spacial score (nSPS) is 5.11. The average Bonchev–Trinajstić information content (AvgIpc) is 1.33. The SMILES string of the molecule is NC(N)=S.[Cl][Pt+2][Cl].[NH2-].[NH2-]. The number of nitrogens with two attached hydrogens (primary N) is 4. The van der Waals surface area contributed by atoms with Gasteiger partial charge >= 0.3 is 35.3 Å². The fourth-order valence-electron chi connectivity index (χ4n) is 0. The van der Waals surface area contributed by atoms with Crippen molar-refractivity contribution in [2.75, 3.05) is 0 Å². The van der Waals surface area contributed by atoms with Gasteiger partial charge < -0.3 is 23.8 Å². The Bertz CT molecular complexity index is 49.8. The first-order chi connectivity index (χ1) is 3.15. The monoisotopic (exact) mass is 373 g/mol. The van der Waals surface area contributed by atoms with Crippen LogP contribution in [-0.4, -0.2) is 5.11 Å². The van der Waals surface area contributed by atoms with Crippen molar-refractivity contribution in [1.82, 2.24) is 0 Å². The van der Waals surface area contributed by atoms with E-state index in [0.29, 0.717) is 0 Å². The molecule has 0 radical (unpaired) electrons. The van der Waals surface area contributed by atoms with Gasteiger partial charge in [0.25, 0.3) is 0 Å². The molecule has 0 atom stereocenters. The molecule has 0 spiro atoms. The second-order valence-electron chi connectivity index (χ2n) is 0.448. The summed E-state index contributed by atoms with van der Waals surface area (Å²) >= 11 is 3.62. The van der Waals surface area contributed by atoms with Gasteiger partial charge in [0, 0.05) is 0 Å². The third-order valence-electron chi connectivity index (χ3n) is 0. The molecule has 0 fully saturated rings. The number of thiocarbonyl (C=S) groups is 1.